The molecule has 1 aliphatic rings. The number of allylic oxidation sites excluding steroid dienone is 5. The minimum absolute atomic E-state index is 0.925. The Hall–Kier alpha value is -0.780. The van der Waals surface area contributed by atoms with Gasteiger partial charge in [-0.3, -0.25) is 0 Å². The maximum absolute atomic E-state index is 3.72. The van der Waals surface area contributed by atoms with Crippen molar-refractivity contribution in [3.8, 4) is 0 Å². The number of rotatable bonds is 6. The van der Waals surface area contributed by atoms with Crippen LogP contribution in [-0.2, 0) is 0 Å². The monoisotopic (exact) mass is 232 g/mol. The standard InChI is InChI=1S/C17H28/c1-5-8-14(3)10-7-11-16-12-15(4)17(13-16)9-6-2/h5,7-8,10,15-17H,1,6,9,11-13H2,2-4H3/b10-7-,14-8-/t15?,16-,17-/m0/s1. The lowest BCUT2D eigenvalue weighted by Gasteiger charge is -2.12. The maximum atomic E-state index is 3.72. The third-order valence-electron chi connectivity index (χ3n) is 4.04. The van der Waals surface area contributed by atoms with E-state index >= 15 is 0 Å². The summed E-state index contributed by atoms with van der Waals surface area (Å²) in [6, 6.07) is 0. The van der Waals surface area contributed by atoms with E-state index < -0.39 is 0 Å². The van der Waals surface area contributed by atoms with E-state index in [0.29, 0.717) is 0 Å². The molecule has 0 bridgehead atoms. The van der Waals surface area contributed by atoms with Crippen LogP contribution in [0.2, 0.25) is 0 Å². The molecule has 0 aromatic heterocycles. The maximum Gasteiger partial charge on any atom is -0.0319 e. The van der Waals surface area contributed by atoms with Crippen LogP contribution in [0.5, 0.6) is 0 Å². The van der Waals surface area contributed by atoms with Crippen molar-refractivity contribution in [2.24, 2.45) is 17.8 Å². The molecule has 0 amide bonds. The average molecular weight is 232 g/mol. The van der Waals surface area contributed by atoms with E-state index in [-0.39, 0.29) is 0 Å². The van der Waals surface area contributed by atoms with Crippen LogP contribution < -0.4 is 0 Å². The molecule has 0 heteroatoms. The van der Waals surface area contributed by atoms with Crippen molar-refractivity contribution in [2.45, 2.75) is 52.9 Å². The van der Waals surface area contributed by atoms with Crippen molar-refractivity contribution < 1.29 is 0 Å². The van der Waals surface area contributed by atoms with Crippen LogP contribution in [-0.4, -0.2) is 0 Å². The topological polar surface area (TPSA) is 0 Å². The molecule has 0 saturated heterocycles. The number of hydrogen-bond donors (Lipinski definition) is 0. The van der Waals surface area contributed by atoms with Gasteiger partial charge in [-0.15, -0.1) is 0 Å². The molecule has 0 nitrogen and oxygen atoms in total. The Labute approximate surface area is 108 Å². The molecule has 0 spiro atoms. The molecule has 3 atom stereocenters. The first kappa shape index (κ1) is 14.3. The molecule has 1 fully saturated rings. The fourth-order valence-electron chi connectivity index (χ4n) is 3.13. The van der Waals surface area contributed by atoms with Crippen molar-refractivity contribution in [1.29, 1.82) is 0 Å². The highest BCUT2D eigenvalue weighted by molar-refractivity contribution is 5.20. The normalized spacial score (nSPS) is 30.1. The molecular weight excluding hydrogens is 204 g/mol. The summed E-state index contributed by atoms with van der Waals surface area (Å²) in [5.41, 5.74) is 1.30. The smallest absolute Gasteiger partial charge is 0.0319 e. The van der Waals surface area contributed by atoms with Gasteiger partial charge in [-0.05, 0) is 43.9 Å². The summed E-state index contributed by atoms with van der Waals surface area (Å²) >= 11 is 0. The molecule has 96 valence electrons. The van der Waals surface area contributed by atoms with Gasteiger partial charge in [0.25, 0.3) is 0 Å². The average Bonchev–Trinajstić information content (AvgIpc) is 2.61. The van der Waals surface area contributed by atoms with E-state index in [2.05, 4.69) is 45.6 Å². The molecule has 17 heavy (non-hydrogen) atoms. The van der Waals surface area contributed by atoms with Crippen LogP contribution in [0.4, 0.5) is 0 Å². The molecule has 0 aromatic carbocycles. The summed E-state index contributed by atoms with van der Waals surface area (Å²) in [5, 5.41) is 0. The zero-order valence-corrected chi connectivity index (χ0v) is 11.8. The van der Waals surface area contributed by atoms with Gasteiger partial charge in [-0.1, -0.05) is 63.1 Å². The largest absolute Gasteiger partial charge is 0.0991 e. The lowest BCUT2D eigenvalue weighted by molar-refractivity contribution is 0.387. The highest BCUT2D eigenvalue weighted by atomic mass is 14.3. The summed E-state index contributed by atoms with van der Waals surface area (Å²) in [5.74, 6) is 2.86. The van der Waals surface area contributed by atoms with Crippen LogP contribution in [0.25, 0.3) is 0 Å². The van der Waals surface area contributed by atoms with E-state index in [9.17, 15) is 0 Å². The summed E-state index contributed by atoms with van der Waals surface area (Å²) < 4.78 is 0. The third-order valence-corrected chi connectivity index (χ3v) is 4.04. The zero-order valence-electron chi connectivity index (χ0n) is 11.8. The second kappa shape index (κ2) is 7.53. The minimum atomic E-state index is 0.925. The van der Waals surface area contributed by atoms with Gasteiger partial charge in [0.15, 0.2) is 0 Å². The quantitative estimate of drug-likeness (QED) is 0.528. The molecule has 1 saturated carbocycles. The Morgan fingerprint density at radius 2 is 2.12 bits per heavy atom. The van der Waals surface area contributed by atoms with Gasteiger partial charge >= 0.3 is 0 Å². The van der Waals surface area contributed by atoms with E-state index in [1.54, 1.807) is 0 Å². The van der Waals surface area contributed by atoms with Gasteiger partial charge in [-0.25, -0.2) is 0 Å². The summed E-state index contributed by atoms with van der Waals surface area (Å²) in [6.45, 7) is 10.6. The third kappa shape index (κ3) is 4.93. The Morgan fingerprint density at radius 1 is 1.35 bits per heavy atom. The Kier molecular flexibility index (Phi) is 6.32. The minimum Gasteiger partial charge on any atom is -0.0991 e. The Balaban J connectivity index is 2.34. The zero-order chi connectivity index (χ0) is 12.7. The van der Waals surface area contributed by atoms with Crippen molar-refractivity contribution in [1.82, 2.24) is 0 Å². The summed E-state index contributed by atoms with van der Waals surface area (Å²) in [6.07, 6.45) is 15.4. The first-order valence-electron chi connectivity index (χ1n) is 7.13. The van der Waals surface area contributed by atoms with Gasteiger partial charge in [-0.2, -0.15) is 0 Å². The summed E-state index contributed by atoms with van der Waals surface area (Å²) in [4.78, 5) is 0. The highest BCUT2D eigenvalue weighted by Gasteiger charge is 2.29. The van der Waals surface area contributed by atoms with Crippen molar-refractivity contribution in [2.75, 3.05) is 0 Å². The second-order valence-corrected chi connectivity index (χ2v) is 5.65. The first-order valence-corrected chi connectivity index (χ1v) is 7.13. The molecule has 1 rings (SSSR count). The van der Waals surface area contributed by atoms with E-state index in [4.69, 9.17) is 0 Å². The number of hydrogen-bond acceptors (Lipinski definition) is 0. The lowest BCUT2D eigenvalue weighted by Crippen LogP contribution is -2.02. The predicted octanol–water partition coefficient (Wildman–Crippen LogP) is 5.53. The van der Waals surface area contributed by atoms with Crippen molar-refractivity contribution in [3.63, 3.8) is 0 Å². The Bertz CT molecular complexity index is 282. The first-order chi connectivity index (χ1) is 8.17. The molecule has 1 aliphatic carbocycles. The highest BCUT2D eigenvalue weighted by Crippen LogP contribution is 2.40. The van der Waals surface area contributed by atoms with E-state index in [1.807, 2.05) is 6.08 Å². The Morgan fingerprint density at radius 3 is 2.76 bits per heavy atom. The van der Waals surface area contributed by atoms with Crippen molar-refractivity contribution in [3.05, 3.63) is 36.5 Å². The van der Waals surface area contributed by atoms with Gasteiger partial charge in [0.2, 0.25) is 0 Å². The molecular formula is C17H28. The fraction of sp³-hybridized carbons (Fsp3) is 0.647. The molecule has 0 aromatic rings. The molecule has 0 N–H and O–H groups in total. The SMILES string of the molecule is C=C/C=C(C)\C=C/C[C@H]1CC(C)[C@@H](CCC)C1. The van der Waals surface area contributed by atoms with Crippen LogP contribution in [0, 0.1) is 17.8 Å². The summed E-state index contributed by atoms with van der Waals surface area (Å²) in [7, 11) is 0. The lowest BCUT2D eigenvalue weighted by atomic mass is 9.93. The van der Waals surface area contributed by atoms with Crippen LogP contribution in [0.1, 0.15) is 52.9 Å². The van der Waals surface area contributed by atoms with Crippen LogP contribution in [0.3, 0.4) is 0 Å². The van der Waals surface area contributed by atoms with Gasteiger partial charge in [0.1, 0.15) is 0 Å². The predicted molar refractivity (Wildman–Crippen MR) is 78.0 cm³/mol. The second-order valence-electron chi connectivity index (χ2n) is 5.65. The van der Waals surface area contributed by atoms with Crippen LogP contribution in [0.15, 0.2) is 36.5 Å². The van der Waals surface area contributed by atoms with E-state index in [0.717, 1.165) is 17.8 Å². The van der Waals surface area contributed by atoms with Gasteiger partial charge in [0, 0.05) is 0 Å². The molecule has 0 heterocycles. The van der Waals surface area contributed by atoms with Crippen molar-refractivity contribution >= 4 is 0 Å². The van der Waals surface area contributed by atoms with Crippen LogP contribution >= 0.6 is 0 Å². The fourth-order valence-corrected chi connectivity index (χ4v) is 3.13. The molecule has 0 radical (unpaired) electrons. The van der Waals surface area contributed by atoms with E-state index in [1.165, 1.54) is 37.7 Å². The molecule has 1 unspecified atom stereocenters. The molecule has 0 aliphatic heterocycles. The van der Waals surface area contributed by atoms with Gasteiger partial charge in [0.05, 0.1) is 0 Å². The van der Waals surface area contributed by atoms with Gasteiger partial charge < -0.3 is 0 Å².